The van der Waals surface area contributed by atoms with E-state index >= 15 is 0 Å². The molecule has 4 aromatic rings. The average Bonchev–Trinajstić information content (AvgIpc) is 3.56. The molecule has 35 heavy (non-hydrogen) atoms. The molecule has 1 aliphatic heterocycles. The fourth-order valence-electron chi connectivity index (χ4n) is 3.66. The van der Waals surface area contributed by atoms with Crippen molar-refractivity contribution in [2.75, 3.05) is 25.3 Å². The summed E-state index contributed by atoms with van der Waals surface area (Å²) < 4.78 is 13.6. The molecule has 1 unspecified atom stereocenters. The first-order valence-corrected chi connectivity index (χ1v) is 12.9. The minimum Gasteiger partial charge on any atom is -0.496 e. The highest BCUT2D eigenvalue weighted by molar-refractivity contribution is 9.10. The number of ether oxygens (including phenoxy) is 2. The van der Waals surface area contributed by atoms with Gasteiger partial charge in [-0.15, -0.1) is 10.2 Å². The molecule has 5 rings (SSSR count). The van der Waals surface area contributed by atoms with Crippen molar-refractivity contribution in [3.05, 3.63) is 69.8 Å². The molecule has 3 heterocycles. The Morgan fingerprint density at radius 1 is 1.17 bits per heavy atom. The molecular weight excluding hydrogens is 554 g/mol. The van der Waals surface area contributed by atoms with Crippen molar-refractivity contribution < 1.29 is 14.3 Å². The van der Waals surface area contributed by atoms with Gasteiger partial charge in [0.15, 0.2) is 4.34 Å². The van der Waals surface area contributed by atoms with Gasteiger partial charge in [0.25, 0.3) is 0 Å². The highest BCUT2D eigenvalue weighted by atomic mass is 79.9. The zero-order chi connectivity index (χ0) is 24.4. The summed E-state index contributed by atoms with van der Waals surface area (Å²) in [6, 6.07) is 14.8. The molecule has 0 amide bonds. The molecule has 2 aromatic carbocycles. The van der Waals surface area contributed by atoms with Crippen LogP contribution in [0.25, 0.3) is 10.6 Å². The van der Waals surface area contributed by atoms with Crippen molar-refractivity contribution in [2.45, 2.75) is 10.4 Å². The summed E-state index contributed by atoms with van der Waals surface area (Å²) in [5, 5.41) is 24.6. The van der Waals surface area contributed by atoms with Crippen molar-refractivity contribution in [1.29, 1.82) is 0 Å². The van der Waals surface area contributed by atoms with Gasteiger partial charge in [-0.05, 0) is 44.1 Å². The standard InChI is InChI=1S/C22H18BrN7O3S2/c1-32-16-9-8-13(10-14(16)23)18-17(20(31)33-2)15(24-21-26-28-29-30(18)21)11-34-22-27-25-19(35-22)12-6-4-3-5-7-12/h3-10,18H,11H2,1-2H3,(H,24,26,29). The lowest BCUT2D eigenvalue weighted by atomic mass is 9.95. The third-order valence-corrected chi connectivity index (χ3v) is 8.01. The van der Waals surface area contributed by atoms with E-state index in [1.165, 1.54) is 30.2 Å². The van der Waals surface area contributed by atoms with Crippen LogP contribution in [0.2, 0.25) is 0 Å². The number of nitrogens with zero attached hydrogens (tertiary/aromatic N) is 6. The number of fused-ring (bicyclic) bond motifs is 1. The van der Waals surface area contributed by atoms with Gasteiger partial charge in [0.2, 0.25) is 5.95 Å². The monoisotopic (exact) mass is 571 g/mol. The van der Waals surface area contributed by atoms with E-state index in [4.69, 9.17) is 9.47 Å². The van der Waals surface area contributed by atoms with E-state index in [0.29, 0.717) is 28.7 Å². The lowest BCUT2D eigenvalue weighted by molar-refractivity contribution is -0.136. The third kappa shape index (κ3) is 4.66. The highest BCUT2D eigenvalue weighted by Crippen LogP contribution is 2.39. The predicted octanol–water partition coefficient (Wildman–Crippen LogP) is 4.20. The lowest BCUT2D eigenvalue weighted by Crippen LogP contribution is -2.31. The molecule has 10 nitrogen and oxygen atoms in total. The minimum absolute atomic E-state index is 0.407. The van der Waals surface area contributed by atoms with Crippen LogP contribution in [-0.2, 0) is 9.53 Å². The first-order chi connectivity index (χ1) is 17.1. The number of hydrogen-bond acceptors (Lipinski definition) is 11. The molecule has 0 fully saturated rings. The molecule has 0 bridgehead atoms. The Morgan fingerprint density at radius 3 is 2.74 bits per heavy atom. The second-order valence-corrected chi connectivity index (χ2v) is 10.3. The number of tetrazole rings is 1. The second kappa shape index (κ2) is 10.1. The van der Waals surface area contributed by atoms with E-state index in [0.717, 1.165) is 24.9 Å². The van der Waals surface area contributed by atoms with Crippen molar-refractivity contribution in [3.63, 3.8) is 0 Å². The van der Waals surface area contributed by atoms with Crippen LogP contribution in [0, 0.1) is 0 Å². The smallest absolute Gasteiger partial charge is 0.338 e. The first-order valence-electron chi connectivity index (χ1n) is 10.3. The normalized spacial score (nSPS) is 14.9. The van der Waals surface area contributed by atoms with E-state index < -0.39 is 12.0 Å². The van der Waals surface area contributed by atoms with Crippen molar-refractivity contribution in [3.8, 4) is 16.3 Å². The van der Waals surface area contributed by atoms with E-state index in [2.05, 4.69) is 47.0 Å². The average molecular weight is 572 g/mol. The van der Waals surface area contributed by atoms with Gasteiger partial charge in [0.05, 0.1) is 24.3 Å². The van der Waals surface area contributed by atoms with Crippen molar-refractivity contribution >= 4 is 50.9 Å². The van der Waals surface area contributed by atoms with E-state index in [1.807, 2.05) is 48.5 Å². The minimum atomic E-state index is -0.596. The van der Waals surface area contributed by atoms with Gasteiger partial charge in [-0.2, -0.15) is 4.68 Å². The largest absolute Gasteiger partial charge is 0.496 e. The predicted molar refractivity (Wildman–Crippen MR) is 135 cm³/mol. The quantitative estimate of drug-likeness (QED) is 0.255. The van der Waals surface area contributed by atoms with Gasteiger partial charge in [-0.1, -0.05) is 64.6 Å². The number of halogens is 1. The molecule has 1 N–H and O–H groups in total. The third-order valence-electron chi connectivity index (χ3n) is 5.26. The van der Waals surface area contributed by atoms with Crippen LogP contribution in [0.4, 0.5) is 5.95 Å². The molecule has 0 saturated carbocycles. The number of esters is 1. The summed E-state index contributed by atoms with van der Waals surface area (Å²) in [6.07, 6.45) is 0. The van der Waals surface area contributed by atoms with Crippen molar-refractivity contribution in [1.82, 2.24) is 30.4 Å². The molecule has 0 aliphatic carbocycles. The number of aromatic nitrogens is 6. The number of hydrogen-bond donors (Lipinski definition) is 1. The Morgan fingerprint density at radius 2 is 2.00 bits per heavy atom. The van der Waals surface area contributed by atoms with Crippen LogP contribution in [0.3, 0.4) is 0 Å². The number of nitrogens with one attached hydrogen (secondary N) is 1. The molecule has 1 atom stereocenters. The Balaban J connectivity index is 1.50. The summed E-state index contributed by atoms with van der Waals surface area (Å²) in [7, 11) is 2.95. The number of thioether (sulfide) groups is 1. The van der Waals surface area contributed by atoms with Crippen molar-refractivity contribution in [2.24, 2.45) is 0 Å². The number of anilines is 1. The van der Waals surface area contributed by atoms with Gasteiger partial charge in [0, 0.05) is 17.0 Å². The zero-order valence-electron chi connectivity index (χ0n) is 18.5. The molecule has 178 valence electrons. The fourth-order valence-corrected chi connectivity index (χ4v) is 6.04. The van der Waals surface area contributed by atoms with Gasteiger partial charge >= 0.3 is 5.97 Å². The van der Waals surface area contributed by atoms with Crippen LogP contribution in [-0.4, -0.2) is 56.3 Å². The summed E-state index contributed by atoms with van der Waals surface area (Å²) in [6.45, 7) is 0. The maximum Gasteiger partial charge on any atom is 0.338 e. The summed E-state index contributed by atoms with van der Waals surface area (Å²) in [5.41, 5.74) is 2.84. The number of benzene rings is 2. The Bertz CT molecular complexity index is 1410. The molecule has 1 aliphatic rings. The van der Waals surface area contributed by atoms with Crippen LogP contribution in [0.15, 0.2) is 68.6 Å². The Kier molecular flexibility index (Phi) is 6.79. The molecule has 0 radical (unpaired) electrons. The van der Waals surface area contributed by atoms with E-state index in [-0.39, 0.29) is 0 Å². The first kappa shape index (κ1) is 23.5. The van der Waals surface area contributed by atoms with Gasteiger partial charge in [-0.25, -0.2) is 4.79 Å². The SMILES string of the molecule is COC(=O)C1=C(CSc2nnc(-c3ccccc3)s2)Nc2nnnn2C1c1ccc(OC)c(Br)c1. The lowest BCUT2D eigenvalue weighted by Gasteiger charge is -2.28. The Hall–Kier alpha value is -3.29. The van der Waals surface area contributed by atoms with Gasteiger partial charge in [-0.3, -0.25) is 0 Å². The second-order valence-electron chi connectivity index (χ2n) is 7.28. The van der Waals surface area contributed by atoms with Crippen LogP contribution < -0.4 is 10.1 Å². The maximum absolute atomic E-state index is 13.0. The molecular formula is C22H18BrN7O3S2. The number of carbonyl (C=O) groups is 1. The number of carbonyl (C=O) groups excluding carboxylic acids is 1. The van der Waals surface area contributed by atoms with E-state index in [1.54, 1.807) is 11.8 Å². The molecule has 0 saturated heterocycles. The highest BCUT2D eigenvalue weighted by Gasteiger charge is 2.36. The van der Waals surface area contributed by atoms with Gasteiger partial charge in [0.1, 0.15) is 16.8 Å². The molecule has 0 spiro atoms. The molecule has 13 heteroatoms. The van der Waals surface area contributed by atoms with E-state index in [9.17, 15) is 4.79 Å². The zero-order valence-corrected chi connectivity index (χ0v) is 21.7. The Labute approximate surface area is 216 Å². The number of methoxy groups -OCH3 is 2. The van der Waals surface area contributed by atoms with Crippen LogP contribution >= 0.6 is 39.0 Å². The topological polar surface area (TPSA) is 117 Å². The fraction of sp³-hybridized carbons (Fsp3) is 0.182. The van der Waals surface area contributed by atoms with Gasteiger partial charge < -0.3 is 14.8 Å². The summed E-state index contributed by atoms with van der Waals surface area (Å²) >= 11 is 6.48. The molecule has 2 aromatic heterocycles. The van der Waals surface area contributed by atoms with Crippen LogP contribution in [0.5, 0.6) is 5.75 Å². The summed E-state index contributed by atoms with van der Waals surface area (Å²) in [4.78, 5) is 13.0. The maximum atomic E-state index is 13.0. The van der Waals surface area contributed by atoms with Crippen LogP contribution in [0.1, 0.15) is 11.6 Å². The summed E-state index contributed by atoms with van der Waals surface area (Å²) in [5.74, 6) is 1.03. The number of rotatable bonds is 7.